The van der Waals surface area contributed by atoms with Crippen LogP contribution in [0.25, 0.3) is 11.3 Å². The first-order valence-corrected chi connectivity index (χ1v) is 34.3. The molecule has 0 radical (unpaired) electrons. The highest BCUT2D eigenvalue weighted by Gasteiger charge is 2.52. The van der Waals surface area contributed by atoms with Gasteiger partial charge >= 0.3 is 26.6 Å². The highest BCUT2D eigenvalue weighted by atomic mass is 79.9. The van der Waals surface area contributed by atoms with Crippen molar-refractivity contribution >= 4 is 87.5 Å². The van der Waals surface area contributed by atoms with Crippen molar-refractivity contribution in [2.45, 2.75) is 157 Å². The standard InChI is InChI=1S/C21H25BF3NO4S.C21H20F3N3O2S.2C6H7BrN2.C3H7BO2.C3H3BrN2.CH4/c1-19(2)20(3,4)30-22(29-19)18-13-17(31(27,28)26-5)11-8-15(18)12-14-6-9-16(10-7-14)21(23,24)25;1-25-30(28,29)18-9-4-15(10-14-2-5-16(6-3-14)21(22,23)24)19(11-18)20-12-27(13-26-20)17-7-8-17;2*7-6-3-9(4-8-6)5-1-2-5;5-4(6)3-1-2-3;4-3-1-5-2-6-3;/h6-11,13,26H,12H2,1-5H3;2-6,9,11-13,17,25H,7-8,10H2,1H3;2*3-5H,1-2H2;3,5-6H,1-2H2;1-2H,(H,5,6);1H4. The van der Waals surface area contributed by atoms with Crippen LogP contribution in [0.1, 0.15) is 138 Å². The predicted octanol–water partition coefficient (Wildman–Crippen LogP) is 13.3. The number of nitrogens with one attached hydrogen (secondary N) is 3. The fourth-order valence-electron chi connectivity index (χ4n) is 8.95. The molecule has 4 saturated carbocycles. The van der Waals surface area contributed by atoms with Crippen LogP contribution in [-0.2, 0) is 54.5 Å². The highest BCUT2D eigenvalue weighted by Crippen LogP contribution is 2.40. The smallest absolute Gasteiger partial charge is 0.427 e. The van der Waals surface area contributed by atoms with Crippen molar-refractivity contribution in [2.24, 2.45) is 0 Å². The summed E-state index contributed by atoms with van der Waals surface area (Å²) in [6.45, 7) is 7.54. The second kappa shape index (κ2) is 30.9. The van der Waals surface area contributed by atoms with E-state index in [1.54, 1.807) is 37.1 Å². The van der Waals surface area contributed by atoms with Crippen LogP contribution < -0.4 is 14.9 Å². The van der Waals surface area contributed by atoms with Gasteiger partial charge in [-0.1, -0.05) is 56.7 Å². The van der Waals surface area contributed by atoms with E-state index in [0.717, 1.165) is 81.4 Å². The Bertz CT molecular complexity index is 3860. The lowest BCUT2D eigenvalue weighted by atomic mass is 9.74. The molecule has 1 aliphatic heterocycles. The van der Waals surface area contributed by atoms with Gasteiger partial charge in [0, 0.05) is 42.3 Å². The molecule has 5 aliphatic rings. The van der Waals surface area contributed by atoms with E-state index < -0.39 is 69.0 Å². The maximum Gasteiger partial charge on any atom is 0.495 e. The van der Waals surface area contributed by atoms with E-state index in [2.05, 4.69) is 91.3 Å². The molecule has 4 aliphatic carbocycles. The molecule has 4 aromatic heterocycles. The van der Waals surface area contributed by atoms with Crippen molar-refractivity contribution in [1.82, 2.24) is 48.1 Å². The van der Waals surface area contributed by atoms with E-state index in [0.29, 0.717) is 45.9 Å². The predicted molar refractivity (Wildman–Crippen MR) is 352 cm³/mol. The van der Waals surface area contributed by atoms with Crippen LogP contribution in [-0.4, -0.2) is 105 Å². The lowest BCUT2D eigenvalue weighted by Gasteiger charge is -2.32. The first kappa shape index (κ1) is 73.9. The molecule has 0 amide bonds. The second-order valence-corrected chi connectivity index (χ2v) is 29.5. The zero-order valence-electron chi connectivity index (χ0n) is 50.4. The Balaban J connectivity index is 0.000000178. The van der Waals surface area contributed by atoms with Gasteiger partial charge in [0.15, 0.2) is 0 Å². The molecule has 0 atom stereocenters. The summed E-state index contributed by atoms with van der Waals surface area (Å²) >= 11 is 9.76. The van der Waals surface area contributed by atoms with Gasteiger partial charge < -0.3 is 38.0 Å². The van der Waals surface area contributed by atoms with Gasteiger partial charge in [-0.2, -0.15) is 26.3 Å². The average molecular weight is 1510 g/mol. The third-order valence-corrected chi connectivity index (χ3v) is 19.7. The molecular weight excluding hydrogens is 1440 g/mol. The Labute approximate surface area is 558 Å². The van der Waals surface area contributed by atoms with Gasteiger partial charge in [-0.05, 0) is 223 Å². The maximum atomic E-state index is 12.9. The molecule has 0 bridgehead atoms. The molecule has 92 heavy (non-hydrogen) atoms. The molecular formula is C61H73B2Br3F6N10O8S2. The van der Waals surface area contributed by atoms with Crippen LogP contribution >= 0.6 is 47.8 Å². The van der Waals surface area contributed by atoms with E-state index in [1.807, 2.05) is 63.5 Å². The van der Waals surface area contributed by atoms with Crippen molar-refractivity contribution in [3.05, 3.63) is 182 Å². The summed E-state index contributed by atoms with van der Waals surface area (Å²) in [5.74, 6) is 0.213. The summed E-state index contributed by atoms with van der Waals surface area (Å²) in [5, 5.41) is 16.5. The summed E-state index contributed by atoms with van der Waals surface area (Å²) in [4.78, 5) is 19.2. The number of imidazole rings is 4. The minimum Gasteiger partial charge on any atom is -0.427 e. The normalized spacial score (nSPS) is 16.6. The molecule has 496 valence electrons. The topological polar surface area (TPSA) is 233 Å². The average Bonchev–Trinajstić information content (AvgIpc) is 1.73. The van der Waals surface area contributed by atoms with Crippen LogP contribution in [0, 0.1) is 0 Å². The molecule has 1 saturated heterocycles. The molecule has 8 aromatic rings. The number of hydrogen-bond donors (Lipinski definition) is 5. The van der Waals surface area contributed by atoms with Crippen molar-refractivity contribution in [3.8, 4) is 11.3 Å². The molecule has 5 N–H and O–H groups in total. The lowest BCUT2D eigenvalue weighted by Crippen LogP contribution is -2.41. The Kier molecular flexibility index (Phi) is 24.9. The number of rotatable bonds is 14. The first-order chi connectivity index (χ1) is 42.7. The monoisotopic (exact) mass is 1510 g/mol. The summed E-state index contributed by atoms with van der Waals surface area (Å²) in [6, 6.07) is 21.1. The van der Waals surface area contributed by atoms with E-state index in [9.17, 15) is 43.2 Å². The van der Waals surface area contributed by atoms with E-state index in [4.69, 9.17) is 19.4 Å². The van der Waals surface area contributed by atoms with Gasteiger partial charge in [-0.3, -0.25) is 0 Å². The number of aromatic nitrogens is 8. The number of nitrogens with zero attached hydrogens (tertiary/aromatic N) is 7. The number of H-pyrrole nitrogens is 1. The summed E-state index contributed by atoms with van der Waals surface area (Å²) in [6.07, 6.45) is 16.0. The number of alkyl halides is 6. The number of hydrogen-bond acceptors (Lipinski definition) is 12. The second-order valence-electron chi connectivity index (χ2n) is 23.3. The van der Waals surface area contributed by atoms with E-state index in [-0.39, 0.29) is 29.5 Å². The Hall–Kier alpha value is -5.47. The quantitative estimate of drug-likeness (QED) is 0.0505. The van der Waals surface area contributed by atoms with Crippen molar-refractivity contribution in [1.29, 1.82) is 0 Å². The zero-order valence-corrected chi connectivity index (χ0v) is 56.8. The van der Waals surface area contributed by atoms with Gasteiger partial charge in [0.2, 0.25) is 20.0 Å². The SMILES string of the molecule is Brc1cn(C2CC2)cn1.Brc1cn(C2CC2)cn1.Brc1cnc[nH]1.C.CNS(=O)(=O)c1ccc(Cc2ccc(C(F)(F)F)cc2)c(-c2cn(C3CC3)cn2)c1.CNS(=O)(=O)c1ccc(Cc2ccc(C(F)(F)F)cc2)c(B2OC(C)(C)C(C)(C)O2)c1.OB(O)C1CC1. The van der Waals surface area contributed by atoms with Crippen LogP contribution in [0.5, 0.6) is 0 Å². The molecule has 31 heteroatoms. The van der Waals surface area contributed by atoms with Crippen LogP contribution in [0.4, 0.5) is 26.3 Å². The van der Waals surface area contributed by atoms with Gasteiger partial charge in [0.1, 0.15) is 13.8 Å². The Morgan fingerprint density at radius 3 is 1.37 bits per heavy atom. The summed E-state index contributed by atoms with van der Waals surface area (Å²) in [7, 11) is -6.55. The molecule has 5 heterocycles. The van der Waals surface area contributed by atoms with Crippen molar-refractivity contribution in [2.75, 3.05) is 14.1 Å². The molecule has 4 aromatic carbocycles. The summed E-state index contributed by atoms with van der Waals surface area (Å²) in [5.41, 5.74) is 1.92. The molecule has 5 fully saturated rings. The van der Waals surface area contributed by atoms with Gasteiger partial charge in [-0.25, -0.2) is 46.2 Å². The molecule has 0 unspecified atom stereocenters. The minimum absolute atomic E-state index is 0. The molecule has 18 nitrogen and oxygen atoms in total. The molecule has 13 rings (SSSR count). The fourth-order valence-corrected chi connectivity index (χ4v) is 11.4. The van der Waals surface area contributed by atoms with E-state index in [1.165, 1.54) is 82.2 Å². The third-order valence-electron chi connectivity index (χ3n) is 15.6. The first-order valence-electron chi connectivity index (χ1n) is 29.0. The molecule has 0 spiro atoms. The Morgan fingerprint density at radius 1 is 0.620 bits per heavy atom. The van der Waals surface area contributed by atoms with Gasteiger partial charge in [0.05, 0.1) is 69.3 Å². The van der Waals surface area contributed by atoms with Crippen molar-refractivity contribution in [3.63, 3.8) is 0 Å². The zero-order chi connectivity index (χ0) is 66.3. The van der Waals surface area contributed by atoms with Gasteiger partial charge in [-0.15, -0.1) is 0 Å². The number of benzene rings is 4. The van der Waals surface area contributed by atoms with Crippen LogP contribution in [0.15, 0.2) is 159 Å². The summed E-state index contributed by atoms with van der Waals surface area (Å²) < 4.78 is 152. The van der Waals surface area contributed by atoms with E-state index >= 15 is 0 Å². The number of halogens is 9. The van der Waals surface area contributed by atoms with Crippen molar-refractivity contribution < 1.29 is 62.5 Å². The fraction of sp³-hybridized carbons (Fsp3) is 0.410. The van der Waals surface area contributed by atoms with Gasteiger partial charge in [0.25, 0.3) is 0 Å². The minimum atomic E-state index is -4.41. The number of sulfonamides is 2. The van der Waals surface area contributed by atoms with Crippen LogP contribution in [0.3, 0.4) is 0 Å². The number of aromatic amines is 1. The van der Waals surface area contributed by atoms with Crippen LogP contribution in [0.2, 0.25) is 5.82 Å². The third kappa shape index (κ3) is 21.0. The largest absolute Gasteiger partial charge is 0.495 e. The maximum absolute atomic E-state index is 12.9. The lowest BCUT2D eigenvalue weighted by molar-refractivity contribution is -0.138. The Morgan fingerprint density at radius 2 is 1.03 bits per heavy atom. The highest BCUT2D eigenvalue weighted by molar-refractivity contribution is 9.11.